The van der Waals surface area contributed by atoms with Crippen LogP contribution in [0.15, 0.2) is 30.3 Å². The molecule has 0 radical (unpaired) electrons. The molecule has 0 aliphatic carbocycles. The van der Waals surface area contributed by atoms with Gasteiger partial charge in [0.05, 0.1) is 7.11 Å². The van der Waals surface area contributed by atoms with E-state index in [4.69, 9.17) is 10.5 Å². The fourth-order valence-electron chi connectivity index (χ4n) is 0.950. The van der Waals surface area contributed by atoms with Gasteiger partial charge in [0.15, 0.2) is 0 Å². The largest absolute Gasteiger partial charge is 0.497 e. The second-order valence-electron chi connectivity index (χ2n) is 2.47. The molecule has 64 valence electrons. The van der Waals surface area contributed by atoms with Crippen molar-refractivity contribution >= 4 is 5.70 Å². The Bertz CT molecular complexity index is 274. The van der Waals surface area contributed by atoms with Crippen LogP contribution in [0.3, 0.4) is 0 Å². The van der Waals surface area contributed by atoms with Crippen LogP contribution in [-0.2, 0) is 0 Å². The second-order valence-corrected chi connectivity index (χ2v) is 2.47. The first kappa shape index (κ1) is 8.65. The number of hydrogen-bond donors (Lipinski definition) is 1. The second kappa shape index (κ2) is 3.81. The monoisotopic (exact) mass is 163 g/mol. The zero-order valence-electron chi connectivity index (χ0n) is 7.37. The van der Waals surface area contributed by atoms with E-state index < -0.39 is 0 Å². The molecule has 0 aliphatic rings. The Morgan fingerprint density at radius 1 is 1.33 bits per heavy atom. The summed E-state index contributed by atoms with van der Waals surface area (Å²) in [5.41, 5.74) is 7.52. The van der Waals surface area contributed by atoms with Crippen LogP contribution in [0.1, 0.15) is 12.5 Å². The van der Waals surface area contributed by atoms with E-state index in [1.807, 2.05) is 37.3 Å². The van der Waals surface area contributed by atoms with Crippen molar-refractivity contribution in [3.05, 3.63) is 35.9 Å². The molecule has 2 N–H and O–H groups in total. The standard InChI is InChI=1S/C10H13NO/c1-3-10(11)8-4-6-9(12-2)7-5-8/h3-7H,11H2,1-2H3. The van der Waals surface area contributed by atoms with Gasteiger partial charge in [-0.3, -0.25) is 0 Å². The van der Waals surface area contributed by atoms with Crippen molar-refractivity contribution < 1.29 is 4.74 Å². The quantitative estimate of drug-likeness (QED) is 0.723. The number of benzene rings is 1. The lowest BCUT2D eigenvalue weighted by Gasteiger charge is -2.02. The molecule has 0 saturated heterocycles. The molecular weight excluding hydrogens is 150 g/mol. The Balaban J connectivity index is 2.92. The van der Waals surface area contributed by atoms with E-state index in [1.54, 1.807) is 7.11 Å². The van der Waals surface area contributed by atoms with E-state index in [-0.39, 0.29) is 0 Å². The van der Waals surface area contributed by atoms with Gasteiger partial charge in [-0.1, -0.05) is 6.08 Å². The third-order valence-corrected chi connectivity index (χ3v) is 1.73. The number of rotatable bonds is 2. The first-order valence-corrected chi connectivity index (χ1v) is 3.84. The minimum Gasteiger partial charge on any atom is -0.497 e. The van der Waals surface area contributed by atoms with Gasteiger partial charge < -0.3 is 10.5 Å². The van der Waals surface area contributed by atoms with Crippen LogP contribution >= 0.6 is 0 Å². The van der Waals surface area contributed by atoms with Crippen LogP contribution in [0, 0.1) is 0 Å². The molecule has 0 spiro atoms. The van der Waals surface area contributed by atoms with E-state index in [0.29, 0.717) is 0 Å². The van der Waals surface area contributed by atoms with Crippen LogP contribution in [0.4, 0.5) is 0 Å². The summed E-state index contributed by atoms with van der Waals surface area (Å²) in [6.07, 6.45) is 1.88. The maximum atomic E-state index is 5.71. The molecule has 2 nitrogen and oxygen atoms in total. The van der Waals surface area contributed by atoms with Crippen LogP contribution < -0.4 is 10.5 Å². The highest BCUT2D eigenvalue weighted by Crippen LogP contribution is 2.14. The first-order chi connectivity index (χ1) is 5.77. The van der Waals surface area contributed by atoms with E-state index in [2.05, 4.69) is 0 Å². The molecule has 0 amide bonds. The van der Waals surface area contributed by atoms with Gasteiger partial charge in [0.1, 0.15) is 5.75 Å². The van der Waals surface area contributed by atoms with Gasteiger partial charge in [0, 0.05) is 5.70 Å². The maximum Gasteiger partial charge on any atom is 0.118 e. The third kappa shape index (κ3) is 1.78. The minimum absolute atomic E-state index is 0.789. The average Bonchev–Trinajstić information content (AvgIpc) is 2.17. The Morgan fingerprint density at radius 2 is 1.92 bits per heavy atom. The SMILES string of the molecule is CC=C(N)c1ccc(OC)cc1. The van der Waals surface area contributed by atoms with E-state index >= 15 is 0 Å². The molecule has 1 aromatic carbocycles. The van der Waals surface area contributed by atoms with Crippen molar-refractivity contribution in [3.63, 3.8) is 0 Å². The summed E-state index contributed by atoms with van der Waals surface area (Å²) in [4.78, 5) is 0. The van der Waals surface area contributed by atoms with E-state index in [9.17, 15) is 0 Å². The van der Waals surface area contributed by atoms with Crippen LogP contribution in [0.2, 0.25) is 0 Å². The number of nitrogens with two attached hydrogens (primary N) is 1. The molecule has 1 aromatic rings. The highest BCUT2D eigenvalue weighted by atomic mass is 16.5. The summed E-state index contributed by atoms with van der Waals surface area (Å²) < 4.78 is 5.02. The molecule has 1 rings (SSSR count). The van der Waals surface area contributed by atoms with Gasteiger partial charge in [-0.2, -0.15) is 0 Å². The van der Waals surface area contributed by atoms with Gasteiger partial charge in [-0.05, 0) is 36.8 Å². The van der Waals surface area contributed by atoms with Crippen molar-refractivity contribution in [2.75, 3.05) is 7.11 Å². The summed E-state index contributed by atoms with van der Waals surface area (Å²) in [6.45, 7) is 1.92. The molecule has 0 aromatic heterocycles. The lowest BCUT2D eigenvalue weighted by molar-refractivity contribution is 0.415. The van der Waals surface area contributed by atoms with Gasteiger partial charge in [-0.15, -0.1) is 0 Å². The molecule has 0 aliphatic heterocycles. The summed E-state index contributed by atoms with van der Waals surface area (Å²) >= 11 is 0. The van der Waals surface area contributed by atoms with Crippen molar-refractivity contribution in [2.45, 2.75) is 6.92 Å². The number of ether oxygens (including phenoxy) is 1. The van der Waals surface area contributed by atoms with Crippen molar-refractivity contribution in [3.8, 4) is 5.75 Å². The average molecular weight is 163 g/mol. The van der Waals surface area contributed by atoms with Gasteiger partial charge in [0.25, 0.3) is 0 Å². The third-order valence-electron chi connectivity index (χ3n) is 1.73. The van der Waals surface area contributed by atoms with Crippen molar-refractivity contribution in [1.82, 2.24) is 0 Å². The van der Waals surface area contributed by atoms with E-state index in [1.165, 1.54) is 0 Å². The number of allylic oxidation sites excluding steroid dienone is 1. The molecule has 2 heteroatoms. The molecule has 12 heavy (non-hydrogen) atoms. The van der Waals surface area contributed by atoms with Crippen LogP contribution in [0.5, 0.6) is 5.75 Å². The Labute approximate surface area is 72.7 Å². The van der Waals surface area contributed by atoms with Gasteiger partial charge in [-0.25, -0.2) is 0 Å². The predicted octanol–water partition coefficient (Wildman–Crippen LogP) is 2.01. The maximum absolute atomic E-state index is 5.71. The molecule has 0 heterocycles. The van der Waals surface area contributed by atoms with Crippen LogP contribution in [-0.4, -0.2) is 7.11 Å². The molecule has 0 bridgehead atoms. The summed E-state index contributed by atoms with van der Waals surface area (Å²) in [6, 6.07) is 7.67. The lowest BCUT2D eigenvalue weighted by atomic mass is 10.1. The predicted molar refractivity (Wildman–Crippen MR) is 50.8 cm³/mol. The van der Waals surface area contributed by atoms with Crippen LogP contribution in [0.25, 0.3) is 5.70 Å². The normalized spacial score (nSPS) is 11.3. The van der Waals surface area contributed by atoms with Crippen molar-refractivity contribution in [1.29, 1.82) is 0 Å². The molecular formula is C10H13NO. The van der Waals surface area contributed by atoms with E-state index in [0.717, 1.165) is 17.0 Å². The molecule has 0 fully saturated rings. The smallest absolute Gasteiger partial charge is 0.118 e. The number of methoxy groups -OCH3 is 1. The fourth-order valence-corrected chi connectivity index (χ4v) is 0.950. The Morgan fingerprint density at radius 3 is 2.33 bits per heavy atom. The number of hydrogen-bond acceptors (Lipinski definition) is 2. The van der Waals surface area contributed by atoms with Gasteiger partial charge in [0.2, 0.25) is 0 Å². The summed E-state index contributed by atoms with van der Waals surface area (Å²) in [5, 5.41) is 0. The lowest BCUT2D eigenvalue weighted by Crippen LogP contribution is -1.94. The molecule has 0 atom stereocenters. The zero-order valence-corrected chi connectivity index (χ0v) is 7.37. The Hall–Kier alpha value is -1.44. The van der Waals surface area contributed by atoms with Crippen molar-refractivity contribution in [2.24, 2.45) is 5.73 Å². The highest BCUT2D eigenvalue weighted by molar-refractivity contribution is 5.62. The molecule has 0 unspecified atom stereocenters. The summed E-state index contributed by atoms with van der Waals surface area (Å²) in [5.74, 6) is 0.850. The Kier molecular flexibility index (Phi) is 2.75. The highest BCUT2D eigenvalue weighted by Gasteiger charge is 1.94. The minimum atomic E-state index is 0.789. The van der Waals surface area contributed by atoms with Gasteiger partial charge >= 0.3 is 0 Å². The fraction of sp³-hybridized carbons (Fsp3) is 0.200. The topological polar surface area (TPSA) is 35.2 Å². The summed E-state index contributed by atoms with van der Waals surface area (Å²) in [7, 11) is 1.65. The first-order valence-electron chi connectivity index (χ1n) is 3.84. The zero-order chi connectivity index (χ0) is 8.97. The molecule has 0 saturated carbocycles.